The van der Waals surface area contributed by atoms with Crippen LogP contribution in [0.15, 0.2) is 18.2 Å². The summed E-state index contributed by atoms with van der Waals surface area (Å²) in [6.07, 6.45) is 0.829. The van der Waals surface area contributed by atoms with Crippen LogP contribution in [0.5, 0.6) is 0 Å². The lowest BCUT2D eigenvalue weighted by Crippen LogP contribution is -2.46. The summed E-state index contributed by atoms with van der Waals surface area (Å²) in [5, 5.41) is 3.10. The van der Waals surface area contributed by atoms with Gasteiger partial charge < -0.3 is 15.0 Å². The highest BCUT2D eigenvalue weighted by Crippen LogP contribution is 2.30. The van der Waals surface area contributed by atoms with Crippen LogP contribution in [0.1, 0.15) is 31.4 Å². The van der Waals surface area contributed by atoms with E-state index in [4.69, 9.17) is 4.74 Å². The molecular weight excluding hydrogens is 302 g/mol. The number of morpholine rings is 1. The smallest absolute Gasteiger partial charge is 0.254 e. The fourth-order valence-electron chi connectivity index (χ4n) is 3.36. The Hall–Kier alpha value is -1.43. The average molecular weight is 331 g/mol. The summed E-state index contributed by atoms with van der Waals surface area (Å²) in [6, 6.07) is 6.22. The van der Waals surface area contributed by atoms with Gasteiger partial charge in [-0.1, -0.05) is 26.0 Å². The van der Waals surface area contributed by atoms with Crippen molar-refractivity contribution in [3.8, 4) is 0 Å². The van der Waals surface area contributed by atoms with E-state index < -0.39 is 0 Å². The highest BCUT2D eigenvalue weighted by atomic mass is 16.5. The second-order valence-corrected chi connectivity index (χ2v) is 7.45. The van der Waals surface area contributed by atoms with Crippen molar-refractivity contribution in [2.75, 3.05) is 38.6 Å². The van der Waals surface area contributed by atoms with Gasteiger partial charge in [0.1, 0.15) is 6.10 Å². The molecule has 1 fully saturated rings. The zero-order valence-electron chi connectivity index (χ0n) is 15.0. The van der Waals surface area contributed by atoms with Gasteiger partial charge in [0, 0.05) is 31.9 Å². The summed E-state index contributed by atoms with van der Waals surface area (Å²) in [6.45, 7) is 9.68. The van der Waals surface area contributed by atoms with Gasteiger partial charge in [0.15, 0.2) is 0 Å². The van der Waals surface area contributed by atoms with Crippen molar-refractivity contribution >= 4 is 11.6 Å². The molecule has 5 heteroatoms. The molecule has 24 heavy (non-hydrogen) atoms. The molecule has 1 saturated heterocycles. The summed E-state index contributed by atoms with van der Waals surface area (Å²) in [5.74, 6) is 0.684. The first-order chi connectivity index (χ1) is 11.5. The van der Waals surface area contributed by atoms with E-state index in [1.165, 1.54) is 17.5 Å². The minimum Gasteiger partial charge on any atom is -0.366 e. The topological polar surface area (TPSA) is 44.8 Å². The van der Waals surface area contributed by atoms with E-state index in [0.29, 0.717) is 19.1 Å². The lowest BCUT2D eigenvalue weighted by molar-refractivity contribution is -0.132. The zero-order valence-corrected chi connectivity index (χ0v) is 15.0. The number of fused-ring (bicyclic) bond motifs is 1. The summed E-state index contributed by atoms with van der Waals surface area (Å²) in [5.41, 5.74) is 3.54. The predicted octanol–water partition coefficient (Wildman–Crippen LogP) is 2.32. The van der Waals surface area contributed by atoms with E-state index in [0.717, 1.165) is 31.9 Å². The minimum absolute atomic E-state index is 0.0319. The van der Waals surface area contributed by atoms with Crippen LogP contribution in [0, 0.1) is 5.92 Å². The highest BCUT2D eigenvalue weighted by Gasteiger charge is 2.27. The molecule has 0 radical (unpaired) electrons. The van der Waals surface area contributed by atoms with Crippen LogP contribution >= 0.6 is 0 Å². The largest absolute Gasteiger partial charge is 0.366 e. The van der Waals surface area contributed by atoms with Crippen molar-refractivity contribution in [1.82, 2.24) is 9.80 Å². The van der Waals surface area contributed by atoms with Gasteiger partial charge in [0.25, 0.3) is 5.91 Å². The number of amides is 1. The van der Waals surface area contributed by atoms with Crippen molar-refractivity contribution in [2.45, 2.75) is 39.5 Å². The van der Waals surface area contributed by atoms with Crippen molar-refractivity contribution in [2.24, 2.45) is 5.92 Å². The van der Waals surface area contributed by atoms with E-state index >= 15 is 0 Å². The van der Waals surface area contributed by atoms with Crippen LogP contribution in [0.3, 0.4) is 0 Å². The third kappa shape index (κ3) is 4.15. The molecule has 5 nitrogen and oxygen atoms in total. The first-order valence-electron chi connectivity index (χ1n) is 8.97. The Morgan fingerprint density at radius 2 is 2.21 bits per heavy atom. The summed E-state index contributed by atoms with van der Waals surface area (Å²) in [7, 11) is 2.02. The van der Waals surface area contributed by atoms with Crippen LogP contribution in [0.4, 0.5) is 5.69 Å². The fourth-order valence-corrected chi connectivity index (χ4v) is 3.36. The van der Waals surface area contributed by atoms with Crippen LogP contribution in [-0.2, 0) is 22.6 Å². The quantitative estimate of drug-likeness (QED) is 0.899. The van der Waals surface area contributed by atoms with E-state index in [1.807, 2.05) is 19.2 Å². The van der Waals surface area contributed by atoms with Gasteiger partial charge in [-0.15, -0.1) is 0 Å². The van der Waals surface area contributed by atoms with E-state index in [9.17, 15) is 4.79 Å². The standard InChI is InChI=1S/C19H29N3O2/c1-14(2)7-8-22-11-15-5-4-6-17(16(15)12-22)20-19(23)18-13-21(3)9-10-24-18/h4-6,14,18H,7-13H2,1-3H3,(H,20,23)/t18-/m1/s1. The molecule has 1 amide bonds. The lowest BCUT2D eigenvalue weighted by atomic mass is 10.1. The van der Waals surface area contributed by atoms with Crippen molar-refractivity contribution in [3.63, 3.8) is 0 Å². The average Bonchev–Trinajstić information content (AvgIpc) is 2.97. The van der Waals surface area contributed by atoms with Crippen LogP contribution < -0.4 is 5.32 Å². The first kappa shape index (κ1) is 17.4. The SMILES string of the molecule is CC(C)CCN1Cc2cccc(NC(=O)[C@H]3CN(C)CCO3)c2C1. The normalized spacial score (nSPS) is 21.9. The zero-order chi connectivity index (χ0) is 17.1. The number of carbonyl (C=O) groups is 1. The summed E-state index contributed by atoms with van der Waals surface area (Å²) < 4.78 is 5.62. The number of rotatable bonds is 5. The Labute approximate surface area is 145 Å². The molecule has 1 aromatic rings. The van der Waals surface area contributed by atoms with Gasteiger partial charge >= 0.3 is 0 Å². The Morgan fingerprint density at radius 3 is 2.96 bits per heavy atom. The van der Waals surface area contributed by atoms with Crippen molar-refractivity contribution in [1.29, 1.82) is 0 Å². The van der Waals surface area contributed by atoms with Gasteiger partial charge in [-0.25, -0.2) is 0 Å². The van der Waals surface area contributed by atoms with E-state index in [2.05, 4.69) is 35.0 Å². The molecule has 0 spiro atoms. The molecule has 0 aromatic heterocycles. The Bertz CT molecular complexity index is 588. The number of ether oxygens (including phenoxy) is 1. The minimum atomic E-state index is -0.377. The van der Waals surface area contributed by atoms with Gasteiger partial charge in [-0.3, -0.25) is 9.69 Å². The molecule has 2 aliphatic rings. The number of likely N-dealkylation sites (N-methyl/N-ethyl adjacent to an activating group) is 1. The molecular formula is C19H29N3O2. The highest BCUT2D eigenvalue weighted by molar-refractivity contribution is 5.95. The maximum absolute atomic E-state index is 12.5. The fraction of sp³-hybridized carbons (Fsp3) is 0.632. The van der Waals surface area contributed by atoms with Gasteiger partial charge in [0.05, 0.1) is 6.61 Å². The molecule has 2 aliphatic heterocycles. The molecule has 0 bridgehead atoms. The molecule has 132 valence electrons. The van der Waals surface area contributed by atoms with Crippen LogP contribution in [-0.4, -0.2) is 55.1 Å². The molecule has 2 heterocycles. The number of nitrogens with zero attached hydrogens (tertiary/aromatic N) is 2. The Morgan fingerprint density at radius 1 is 1.38 bits per heavy atom. The third-order valence-corrected chi connectivity index (χ3v) is 4.89. The maximum atomic E-state index is 12.5. The number of nitrogens with one attached hydrogen (secondary N) is 1. The van der Waals surface area contributed by atoms with E-state index in [1.54, 1.807) is 0 Å². The van der Waals surface area contributed by atoms with Gasteiger partial charge in [0.2, 0.25) is 0 Å². The van der Waals surface area contributed by atoms with Gasteiger partial charge in [-0.2, -0.15) is 0 Å². The number of hydrogen-bond acceptors (Lipinski definition) is 4. The van der Waals surface area contributed by atoms with Crippen molar-refractivity contribution < 1.29 is 9.53 Å². The van der Waals surface area contributed by atoms with E-state index in [-0.39, 0.29) is 12.0 Å². The number of benzene rings is 1. The first-order valence-corrected chi connectivity index (χ1v) is 8.97. The second-order valence-electron chi connectivity index (χ2n) is 7.45. The summed E-state index contributed by atoms with van der Waals surface area (Å²) >= 11 is 0. The molecule has 0 unspecified atom stereocenters. The monoisotopic (exact) mass is 331 g/mol. The van der Waals surface area contributed by atoms with Crippen LogP contribution in [0.2, 0.25) is 0 Å². The molecule has 1 N–H and O–H groups in total. The number of hydrogen-bond donors (Lipinski definition) is 1. The Kier molecular flexibility index (Phi) is 5.54. The molecule has 3 rings (SSSR count). The number of carbonyl (C=O) groups excluding carboxylic acids is 1. The third-order valence-electron chi connectivity index (χ3n) is 4.89. The van der Waals surface area contributed by atoms with Crippen molar-refractivity contribution in [3.05, 3.63) is 29.3 Å². The predicted molar refractivity (Wildman–Crippen MR) is 95.9 cm³/mol. The molecule has 1 atom stereocenters. The molecule has 0 aliphatic carbocycles. The summed E-state index contributed by atoms with van der Waals surface area (Å²) in [4.78, 5) is 17.1. The molecule has 1 aromatic carbocycles. The maximum Gasteiger partial charge on any atom is 0.254 e. The lowest BCUT2D eigenvalue weighted by Gasteiger charge is -2.29. The Balaban J connectivity index is 1.64. The number of anilines is 1. The molecule has 0 saturated carbocycles. The van der Waals surface area contributed by atoms with Gasteiger partial charge in [-0.05, 0) is 43.1 Å². The van der Waals surface area contributed by atoms with Crippen LogP contribution in [0.25, 0.3) is 0 Å². The second kappa shape index (κ2) is 7.64.